The van der Waals surface area contributed by atoms with Crippen LogP contribution < -0.4 is 11.1 Å². The summed E-state index contributed by atoms with van der Waals surface area (Å²) in [5.41, 5.74) is 5.74. The van der Waals surface area contributed by atoms with Crippen LogP contribution >= 0.6 is 0 Å². The summed E-state index contributed by atoms with van der Waals surface area (Å²) < 4.78 is 4.41. The number of hydrogen-bond acceptors (Lipinski definition) is 4. The highest BCUT2D eigenvalue weighted by atomic mass is 16.5. The molecule has 5 nitrogen and oxygen atoms in total. The van der Waals surface area contributed by atoms with Crippen molar-refractivity contribution < 1.29 is 14.3 Å². The van der Waals surface area contributed by atoms with Crippen LogP contribution in [0.1, 0.15) is 32.1 Å². The van der Waals surface area contributed by atoms with Crippen molar-refractivity contribution in [2.45, 2.75) is 44.2 Å². The van der Waals surface area contributed by atoms with Crippen LogP contribution in [-0.2, 0) is 14.3 Å². The first-order valence-electron chi connectivity index (χ1n) is 5.23. The smallest absolute Gasteiger partial charge is 0.315 e. The fourth-order valence-electron chi connectivity index (χ4n) is 1.75. The molecule has 3 N–H and O–H groups in total. The van der Waals surface area contributed by atoms with Gasteiger partial charge in [-0.25, -0.2) is 0 Å². The van der Waals surface area contributed by atoms with E-state index in [-0.39, 0.29) is 24.4 Å². The molecule has 0 spiro atoms. The van der Waals surface area contributed by atoms with Crippen molar-refractivity contribution in [1.82, 2.24) is 5.32 Å². The van der Waals surface area contributed by atoms with E-state index >= 15 is 0 Å². The van der Waals surface area contributed by atoms with Gasteiger partial charge in [-0.05, 0) is 25.7 Å². The lowest BCUT2D eigenvalue weighted by Crippen LogP contribution is -2.41. The van der Waals surface area contributed by atoms with E-state index in [0.29, 0.717) is 0 Å². The summed E-state index contributed by atoms with van der Waals surface area (Å²) in [5.74, 6) is -0.762. The van der Waals surface area contributed by atoms with Gasteiger partial charge in [-0.2, -0.15) is 0 Å². The van der Waals surface area contributed by atoms with E-state index in [1.807, 2.05) is 0 Å². The van der Waals surface area contributed by atoms with Gasteiger partial charge in [0.2, 0.25) is 5.91 Å². The Morgan fingerprint density at radius 1 is 1.33 bits per heavy atom. The first-order chi connectivity index (χ1) is 7.11. The molecule has 0 aromatic rings. The molecule has 5 heteroatoms. The van der Waals surface area contributed by atoms with Crippen LogP contribution in [0.15, 0.2) is 0 Å². The van der Waals surface area contributed by atoms with E-state index in [1.54, 1.807) is 0 Å². The molecule has 15 heavy (non-hydrogen) atoms. The second-order valence-corrected chi connectivity index (χ2v) is 3.93. The summed E-state index contributed by atoms with van der Waals surface area (Å²) in [4.78, 5) is 22.1. The number of esters is 1. The van der Waals surface area contributed by atoms with Crippen LogP contribution in [0.2, 0.25) is 0 Å². The maximum Gasteiger partial charge on any atom is 0.315 e. The van der Waals surface area contributed by atoms with Crippen molar-refractivity contribution in [2.24, 2.45) is 5.73 Å². The second kappa shape index (κ2) is 5.70. The zero-order chi connectivity index (χ0) is 11.3. The number of carbonyl (C=O) groups is 2. The summed E-state index contributed by atoms with van der Waals surface area (Å²) >= 11 is 0. The van der Waals surface area contributed by atoms with Crippen LogP contribution in [-0.4, -0.2) is 31.1 Å². The number of nitrogens with one attached hydrogen (secondary N) is 1. The van der Waals surface area contributed by atoms with E-state index < -0.39 is 5.97 Å². The van der Waals surface area contributed by atoms with Crippen LogP contribution in [0.4, 0.5) is 0 Å². The maximum absolute atomic E-state index is 11.3. The predicted octanol–water partition coefficient (Wildman–Crippen LogP) is -0.0644. The Morgan fingerprint density at radius 3 is 2.47 bits per heavy atom. The normalized spacial score (nSPS) is 25.7. The van der Waals surface area contributed by atoms with Gasteiger partial charge in [0.15, 0.2) is 0 Å². The molecular formula is C10H18N2O3. The van der Waals surface area contributed by atoms with E-state index in [9.17, 15) is 9.59 Å². The Hall–Kier alpha value is -1.10. The van der Waals surface area contributed by atoms with Gasteiger partial charge >= 0.3 is 5.97 Å². The maximum atomic E-state index is 11.3. The molecular weight excluding hydrogens is 196 g/mol. The summed E-state index contributed by atoms with van der Waals surface area (Å²) in [6.45, 7) is 0. The first kappa shape index (κ1) is 12.0. The zero-order valence-corrected chi connectivity index (χ0v) is 8.99. The number of methoxy groups -OCH3 is 1. The number of hydrogen-bond donors (Lipinski definition) is 2. The molecule has 0 bridgehead atoms. The van der Waals surface area contributed by atoms with Gasteiger partial charge in [-0.3, -0.25) is 9.59 Å². The molecule has 0 aromatic carbocycles. The van der Waals surface area contributed by atoms with E-state index in [2.05, 4.69) is 10.1 Å². The molecule has 1 amide bonds. The van der Waals surface area contributed by atoms with Gasteiger partial charge in [-0.1, -0.05) is 0 Å². The molecule has 0 aliphatic heterocycles. The monoisotopic (exact) mass is 214 g/mol. The van der Waals surface area contributed by atoms with Gasteiger partial charge in [-0.15, -0.1) is 0 Å². The van der Waals surface area contributed by atoms with Crippen molar-refractivity contribution >= 4 is 11.9 Å². The van der Waals surface area contributed by atoms with Gasteiger partial charge in [0.1, 0.15) is 6.42 Å². The number of amides is 1. The molecule has 0 heterocycles. The third-order valence-electron chi connectivity index (χ3n) is 2.67. The molecule has 0 unspecified atom stereocenters. The number of nitrogens with two attached hydrogens (primary N) is 1. The van der Waals surface area contributed by atoms with Gasteiger partial charge in [0, 0.05) is 12.1 Å². The van der Waals surface area contributed by atoms with Crippen LogP contribution in [0, 0.1) is 0 Å². The number of carbonyl (C=O) groups excluding carboxylic acids is 2. The Balaban J connectivity index is 2.23. The van der Waals surface area contributed by atoms with Gasteiger partial charge in [0.05, 0.1) is 7.11 Å². The lowest BCUT2D eigenvalue weighted by atomic mass is 9.92. The SMILES string of the molecule is COC(=O)CC(=O)NC1CCC(N)CC1. The average Bonchev–Trinajstić information content (AvgIpc) is 2.21. The molecule has 86 valence electrons. The molecule has 1 rings (SSSR count). The Morgan fingerprint density at radius 2 is 1.93 bits per heavy atom. The molecule has 1 aliphatic carbocycles. The topological polar surface area (TPSA) is 81.4 Å². The van der Waals surface area contributed by atoms with Gasteiger partial charge < -0.3 is 15.8 Å². The fraction of sp³-hybridized carbons (Fsp3) is 0.800. The lowest BCUT2D eigenvalue weighted by Gasteiger charge is -2.26. The number of rotatable bonds is 3. The van der Waals surface area contributed by atoms with Crippen LogP contribution in [0.5, 0.6) is 0 Å². The third-order valence-corrected chi connectivity index (χ3v) is 2.67. The van der Waals surface area contributed by atoms with Crippen molar-refractivity contribution in [2.75, 3.05) is 7.11 Å². The van der Waals surface area contributed by atoms with E-state index in [4.69, 9.17) is 5.73 Å². The van der Waals surface area contributed by atoms with Crippen molar-refractivity contribution in [3.63, 3.8) is 0 Å². The minimum Gasteiger partial charge on any atom is -0.469 e. The second-order valence-electron chi connectivity index (χ2n) is 3.93. The highest BCUT2D eigenvalue weighted by Crippen LogP contribution is 2.16. The number of ether oxygens (including phenoxy) is 1. The van der Waals surface area contributed by atoms with E-state index in [0.717, 1.165) is 25.7 Å². The Labute approximate surface area is 89.3 Å². The standard InChI is InChI=1S/C10H18N2O3/c1-15-10(14)6-9(13)12-8-4-2-7(11)3-5-8/h7-8H,2-6,11H2,1H3,(H,12,13). The summed E-state index contributed by atoms with van der Waals surface area (Å²) in [7, 11) is 1.27. The van der Waals surface area contributed by atoms with Crippen molar-refractivity contribution in [3.8, 4) is 0 Å². The quantitative estimate of drug-likeness (QED) is 0.509. The van der Waals surface area contributed by atoms with Crippen LogP contribution in [0.3, 0.4) is 0 Å². The minimum atomic E-state index is -0.500. The third kappa shape index (κ3) is 4.29. The Bertz CT molecular complexity index is 235. The lowest BCUT2D eigenvalue weighted by molar-refractivity contribution is -0.144. The molecule has 1 saturated carbocycles. The Kier molecular flexibility index (Phi) is 4.55. The highest BCUT2D eigenvalue weighted by molar-refractivity contribution is 5.94. The van der Waals surface area contributed by atoms with Crippen LogP contribution in [0.25, 0.3) is 0 Å². The van der Waals surface area contributed by atoms with Crippen molar-refractivity contribution in [1.29, 1.82) is 0 Å². The molecule has 1 fully saturated rings. The summed E-state index contributed by atoms with van der Waals surface area (Å²) in [6.07, 6.45) is 3.47. The summed E-state index contributed by atoms with van der Waals surface area (Å²) in [5, 5.41) is 2.81. The van der Waals surface area contributed by atoms with Crippen molar-refractivity contribution in [3.05, 3.63) is 0 Å². The average molecular weight is 214 g/mol. The first-order valence-corrected chi connectivity index (χ1v) is 5.23. The fourth-order valence-corrected chi connectivity index (χ4v) is 1.75. The molecule has 0 radical (unpaired) electrons. The highest BCUT2D eigenvalue weighted by Gasteiger charge is 2.20. The zero-order valence-electron chi connectivity index (χ0n) is 8.99. The predicted molar refractivity (Wildman–Crippen MR) is 55.0 cm³/mol. The molecule has 0 aromatic heterocycles. The summed E-state index contributed by atoms with van der Waals surface area (Å²) in [6, 6.07) is 0.431. The van der Waals surface area contributed by atoms with Gasteiger partial charge in [0.25, 0.3) is 0 Å². The minimum absolute atomic E-state index is 0.168. The molecule has 1 aliphatic rings. The largest absolute Gasteiger partial charge is 0.469 e. The van der Waals surface area contributed by atoms with E-state index in [1.165, 1.54) is 7.11 Å². The molecule has 0 saturated heterocycles. The molecule has 0 atom stereocenters.